The average Bonchev–Trinajstić information content (AvgIpc) is 2.74. The van der Waals surface area contributed by atoms with Crippen LogP contribution in [0.3, 0.4) is 0 Å². The van der Waals surface area contributed by atoms with Gasteiger partial charge in [-0.25, -0.2) is 4.98 Å². The van der Waals surface area contributed by atoms with E-state index >= 15 is 0 Å². The number of aromatic nitrogens is 2. The Morgan fingerprint density at radius 3 is 3.00 bits per heavy atom. The molecule has 0 aliphatic heterocycles. The number of H-pyrrole nitrogens is 1. The number of nitrogens with one attached hydrogen (secondary N) is 1. The molecule has 15 heavy (non-hydrogen) atoms. The van der Waals surface area contributed by atoms with Crippen LogP contribution in [0.4, 0.5) is 0 Å². The molecule has 2 N–H and O–H groups in total. The van der Waals surface area contributed by atoms with Gasteiger partial charge in [0.25, 0.3) is 0 Å². The van der Waals surface area contributed by atoms with Gasteiger partial charge in [-0.15, -0.1) is 11.3 Å². The molecule has 1 fully saturated rings. The fourth-order valence-electron chi connectivity index (χ4n) is 1.75. The van der Waals surface area contributed by atoms with E-state index in [9.17, 15) is 5.11 Å². The lowest BCUT2D eigenvalue weighted by Gasteiger charge is -2.06. The van der Waals surface area contributed by atoms with Crippen molar-refractivity contribution in [3.63, 3.8) is 0 Å². The highest BCUT2D eigenvalue weighted by Crippen LogP contribution is 2.48. The summed E-state index contributed by atoms with van der Waals surface area (Å²) in [6.07, 6.45) is 5.98. The van der Waals surface area contributed by atoms with Gasteiger partial charge in [0.2, 0.25) is 0 Å². The van der Waals surface area contributed by atoms with Crippen molar-refractivity contribution in [1.82, 2.24) is 9.97 Å². The molecule has 1 saturated carbocycles. The van der Waals surface area contributed by atoms with E-state index in [-0.39, 0.29) is 12.0 Å². The third-order valence-electron chi connectivity index (χ3n) is 3.05. The van der Waals surface area contributed by atoms with Crippen LogP contribution in [-0.4, -0.2) is 21.7 Å². The van der Waals surface area contributed by atoms with Crippen molar-refractivity contribution in [2.24, 2.45) is 0 Å². The van der Waals surface area contributed by atoms with Crippen molar-refractivity contribution in [3.8, 4) is 10.6 Å². The number of nitrogens with zero attached hydrogens (tertiary/aromatic N) is 1. The maximum atomic E-state index is 9.31. The van der Waals surface area contributed by atoms with Gasteiger partial charge in [0.05, 0.1) is 12.3 Å². The zero-order valence-corrected chi connectivity index (χ0v) is 9.05. The van der Waals surface area contributed by atoms with Gasteiger partial charge in [0, 0.05) is 28.8 Å². The Balaban J connectivity index is 1.95. The van der Waals surface area contributed by atoms with Crippen LogP contribution in [0, 0.1) is 0 Å². The molecule has 3 nitrogen and oxygen atoms in total. The highest BCUT2D eigenvalue weighted by molar-refractivity contribution is 7.13. The van der Waals surface area contributed by atoms with Crippen LogP contribution in [0.2, 0.25) is 0 Å². The van der Waals surface area contributed by atoms with Gasteiger partial charge >= 0.3 is 0 Å². The number of aliphatic hydroxyl groups is 1. The highest BCUT2D eigenvalue weighted by Gasteiger charge is 2.45. The summed E-state index contributed by atoms with van der Waals surface area (Å²) in [7, 11) is 0. The van der Waals surface area contributed by atoms with Crippen molar-refractivity contribution in [2.45, 2.75) is 18.3 Å². The predicted molar refractivity (Wildman–Crippen MR) is 59.9 cm³/mol. The minimum atomic E-state index is -0.00887. The maximum Gasteiger partial charge on any atom is 0.125 e. The number of rotatable bonds is 3. The molecule has 2 aromatic rings. The van der Waals surface area contributed by atoms with Crippen molar-refractivity contribution in [1.29, 1.82) is 0 Å². The van der Waals surface area contributed by atoms with Crippen LogP contribution < -0.4 is 0 Å². The molecule has 2 heterocycles. The summed E-state index contributed by atoms with van der Waals surface area (Å²) < 4.78 is 0. The lowest BCUT2D eigenvalue weighted by atomic mass is 10.1. The summed E-state index contributed by atoms with van der Waals surface area (Å²) in [5, 5.41) is 12.4. The smallest absolute Gasteiger partial charge is 0.125 e. The Hall–Kier alpha value is -1.13. The predicted octanol–water partition coefficient (Wildman–Crippen LogP) is 2.16. The molecule has 0 unspecified atom stereocenters. The van der Waals surface area contributed by atoms with Crippen LogP contribution >= 0.6 is 11.3 Å². The molecule has 0 radical (unpaired) electrons. The van der Waals surface area contributed by atoms with Crippen LogP contribution in [0.15, 0.2) is 23.8 Å². The third kappa shape index (κ3) is 1.41. The fraction of sp³-hybridized carbons (Fsp3) is 0.364. The Kier molecular flexibility index (Phi) is 1.94. The Morgan fingerprint density at radius 2 is 2.40 bits per heavy atom. The van der Waals surface area contributed by atoms with E-state index in [1.54, 1.807) is 11.3 Å². The van der Waals surface area contributed by atoms with Gasteiger partial charge < -0.3 is 10.1 Å². The maximum absolute atomic E-state index is 9.31. The topological polar surface area (TPSA) is 48.9 Å². The van der Waals surface area contributed by atoms with Gasteiger partial charge in [-0.1, -0.05) is 0 Å². The summed E-state index contributed by atoms with van der Waals surface area (Å²) in [4.78, 5) is 7.62. The second-order valence-corrected chi connectivity index (χ2v) is 4.93. The Bertz CT molecular complexity index is 457. The summed E-state index contributed by atoms with van der Waals surface area (Å²) in [5.41, 5.74) is 2.18. The fourth-order valence-corrected chi connectivity index (χ4v) is 2.69. The first kappa shape index (κ1) is 9.12. The first-order valence-corrected chi connectivity index (χ1v) is 5.92. The monoisotopic (exact) mass is 220 g/mol. The van der Waals surface area contributed by atoms with Crippen LogP contribution in [0.25, 0.3) is 10.6 Å². The molecule has 0 atom stereocenters. The number of aromatic amines is 1. The molecule has 4 heteroatoms. The second-order valence-electron chi connectivity index (χ2n) is 4.08. The summed E-state index contributed by atoms with van der Waals surface area (Å²) in [5.74, 6) is 0. The number of hydrogen-bond acceptors (Lipinski definition) is 3. The molecule has 0 bridgehead atoms. The molecule has 0 aromatic carbocycles. The van der Waals surface area contributed by atoms with Crippen molar-refractivity contribution >= 4 is 11.3 Å². The zero-order valence-electron chi connectivity index (χ0n) is 8.23. The summed E-state index contributed by atoms with van der Waals surface area (Å²) in [6.45, 7) is 0.226. The molecule has 0 saturated heterocycles. The third-order valence-corrected chi connectivity index (χ3v) is 3.94. The molecule has 2 aromatic heterocycles. The molecule has 1 aliphatic rings. The van der Waals surface area contributed by atoms with Gasteiger partial charge in [0.15, 0.2) is 0 Å². The van der Waals surface area contributed by atoms with E-state index in [0.29, 0.717) is 0 Å². The minimum absolute atomic E-state index is 0.00887. The molecule has 1 aliphatic carbocycles. The van der Waals surface area contributed by atoms with Crippen LogP contribution in [-0.2, 0) is 5.41 Å². The quantitative estimate of drug-likeness (QED) is 0.832. The second kappa shape index (κ2) is 3.18. The molecular weight excluding hydrogens is 208 g/mol. The molecule has 78 valence electrons. The van der Waals surface area contributed by atoms with E-state index in [0.717, 1.165) is 29.1 Å². The lowest BCUT2D eigenvalue weighted by Crippen LogP contribution is -2.11. The van der Waals surface area contributed by atoms with Crippen molar-refractivity contribution in [3.05, 3.63) is 29.5 Å². The first-order valence-electron chi connectivity index (χ1n) is 5.04. The molecular formula is C11H12N2OS. The Morgan fingerprint density at radius 1 is 1.53 bits per heavy atom. The first-order chi connectivity index (χ1) is 7.34. The van der Waals surface area contributed by atoms with Crippen molar-refractivity contribution < 1.29 is 5.11 Å². The van der Waals surface area contributed by atoms with Gasteiger partial charge in [0.1, 0.15) is 5.01 Å². The minimum Gasteiger partial charge on any atom is -0.395 e. The largest absolute Gasteiger partial charge is 0.395 e. The van der Waals surface area contributed by atoms with Crippen LogP contribution in [0.1, 0.15) is 18.5 Å². The van der Waals surface area contributed by atoms with Crippen LogP contribution in [0.5, 0.6) is 0 Å². The van der Waals surface area contributed by atoms with Gasteiger partial charge in [-0.2, -0.15) is 0 Å². The number of aliphatic hydroxyl groups excluding tert-OH is 1. The summed E-state index contributed by atoms with van der Waals surface area (Å²) in [6, 6.07) is 2.02. The van der Waals surface area contributed by atoms with E-state index in [2.05, 4.69) is 15.3 Å². The highest BCUT2D eigenvalue weighted by atomic mass is 32.1. The SMILES string of the molecule is OCC1(c2csc(-c3cc[nH]c3)n2)CC1. The number of hydrogen-bond donors (Lipinski definition) is 2. The number of thiazole rings is 1. The van der Waals surface area contributed by atoms with Gasteiger partial charge in [-0.3, -0.25) is 0 Å². The average molecular weight is 220 g/mol. The van der Waals surface area contributed by atoms with E-state index in [4.69, 9.17) is 0 Å². The standard InChI is InChI=1S/C11H12N2OS/c14-7-11(2-3-11)9-6-15-10(13-9)8-1-4-12-5-8/h1,4-6,12,14H,2-3,7H2. The zero-order chi connectivity index (χ0) is 10.3. The summed E-state index contributed by atoms with van der Waals surface area (Å²) >= 11 is 1.65. The van der Waals surface area contributed by atoms with Crippen molar-refractivity contribution in [2.75, 3.05) is 6.61 Å². The van der Waals surface area contributed by atoms with Gasteiger partial charge in [-0.05, 0) is 18.9 Å². The van der Waals surface area contributed by atoms with E-state index in [1.165, 1.54) is 0 Å². The Labute approximate surface area is 91.8 Å². The van der Waals surface area contributed by atoms with E-state index in [1.807, 2.05) is 18.5 Å². The molecule has 0 amide bonds. The molecule has 0 spiro atoms. The molecule has 3 rings (SSSR count). The normalized spacial score (nSPS) is 17.9. The lowest BCUT2D eigenvalue weighted by molar-refractivity contribution is 0.253. The van der Waals surface area contributed by atoms with E-state index < -0.39 is 0 Å².